The molecule has 1 atom stereocenters. The van der Waals surface area contributed by atoms with Crippen LogP contribution in [0.4, 0.5) is 0 Å². The minimum atomic E-state index is -4.02. The van der Waals surface area contributed by atoms with Crippen LogP contribution in [-0.2, 0) is 14.9 Å². The Bertz CT molecular complexity index is 246. The van der Waals surface area contributed by atoms with Crippen LogP contribution in [0, 0.1) is 0 Å². The molecule has 1 amide bonds. The number of hydrogen-bond donors (Lipinski definition) is 2. The Kier molecular flexibility index (Phi) is 4.19. The van der Waals surface area contributed by atoms with Gasteiger partial charge >= 0.3 is 0 Å². The molecule has 0 aliphatic heterocycles. The SMILES string of the molecule is CCC(CCC(N)=O)S(=O)(=O)O. The molecule has 72 valence electrons. The number of hydrogen-bond acceptors (Lipinski definition) is 3. The fraction of sp³-hybridized carbons (Fsp3) is 0.833. The maximum absolute atomic E-state index is 10.6. The first-order chi connectivity index (χ1) is 5.38. The van der Waals surface area contributed by atoms with Crippen LogP contribution in [0.15, 0.2) is 0 Å². The van der Waals surface area contributed by atoms with Gasteiger partial charge in [-0.1, -0.05) is 6.92 Å². The van der Waals surface area contributed by atoms with Crippen LogP contribution in [0.1, 0.15) is 26.2 Å². The highest BCUT2D eigenvalue weighted by atomic mass is 32.2. The summed E-state index contributed by atoms with van der Waals surface area (Å²) < 4.78 is 29.8. The molecule has 0 saturated carbocycles. The zero-order chi connectivity index (χ0) is 9.78. The highest BCUT2D eigenvalue weighted by molar-refractivity contribution is 7.86. The van der Waals surface area contributed by atoms with Gasteiger partial charge in [-0.25, -0.2) is 0 Å². The summed E-state index contributed by atoms with van der Waals surface area (Å²) in [5.41, 5.74) is 4.82. The highest BCUT2D eigenvalue weighted by Crippen LogP contribution is 2.10. The van der Waals surface area contributed by atoms with E-state index in [0.29, 0.717) is 0 Å². The molecule has 0 aliphatic carbocycles. The molecule has 0 heterocycles. The normalized spacial score (nSPS) is 14.2. The van der Waals surface area contributed by atoms with Crippen molar-refractivity contribution in [2.24, 2.45) is 5.73 Å². The molecule has 12 heavy (non-hydrogen) atoms. The molecule has 0 aromatic heterocycles. The Labute approximate surface area is 71.7 Å². The van der Waals surface area contributed by atoms with Crippen LogP contribution in [0.25, 0.3) is 0 Å². The highest BCUT2D eigenvalue weighted by Gasteiger charge is 2.20. The third-order valence-corrected chi connectivity index (χ3v) is 3.00. The van der Waals surface area contributed by atoms with Gasteiger partial charge in [-0.2, -0.15) is 8.42 Å². The molecule has 0 radical (unpaired) electrons. The van der Waals surface area contributed by atoms with Crippen LogP contribution in [0.3, 0.4) is 0 Å². The van der Waals surface area contributed by atoms with E-state index >= 15 is 0 Å². The molecule has 0 aliphatic rings. The van der Waals surface area contributed by atoms with Crippen molar-refractivity contribution in [2.75, 3.05) is 0 Å². The number of amides is 1. The van der Waals surface area contributed by atoms with Crippen molar-refractivity contribution in [2.45, 2.75) is 31.4 Å². The predicted molar refractivity (Wildman–Crippen MR) is 44.1 cm³/mol. The summed E-state index contributed by atoms with van der Waals surface area (Å²) in [6.45, 7) is 1.62. The molecule has 0 bridgehead atoms. The number of carbonyl (C=O) groups is 1. The first-order valence-electron chi connectivity index (χ1n) is 3.62. The van der Waals surface area contributed by atoms with E-state index in [-0.39, 0.29) is 19.3 Å². The molecule has 1 unspecified atom stereocenters. The Morgan fingerprint density at radius 1 is 1.58 bits per heavy atom. The smallest absolute Gasteiger partial charge is 0.267 e. The van der Waals surface area contributed by atoms with Gasteiger partial charge in [0, 0.05) is 6.42 Å². The van der Waals surface area contributed by atoms with E-state index in [2.05, 4.69) is 0 Å². The number of rotatable bonds is 5. The average molecular weight is 195 g/mol. The minimum Gasteiger partial charge on any atom is -0.370 e. The van der Waals surface area contributed by atoms with Gasteiger partial charge in [-0.15, -0.1) is 0 Å². The quantitative estimate of drug-likeness (QED) is 0.599. The lowest BCUT2D eigenvalue weighted by Crippen LogP contribution is -2.22. The maximum Gasteiger partial charge on any atom is 0.267 e. The van der Waals surface area contributed by atoms with E-state index in [0.717, 1.165) is 0 Å². The van der Waals surface area contributed by atoms with E-state index in [1.54, 1.807) is 6.92 Å². The van der Waals surface area contributed by atoms with Crippen molar-refractivity contribution in [3.8, 4) is 0 Å². The van der Waals surface area contributed by atoms with Crippen molar-refractivity contribution in [3.63, 3.8) is 0 Å². The van der Waals surface area contributed by atoms with Crippen LogP contribution < -0.4 is 5.73 Å². The molecular weight excluding hydrogens is 182 g/mol. The molecule has 0 aromatic carbocycles. The van der Waals surface area contributed by atoms with Gasteiger partial charge < -0.3 is 5.73 Å². The lowest BCUT2D eigenvalue weighted by Gasteiger charge is -2.08. The second-order valence-electron chi connectivity index (χ2n) is 2.55. The lowest BCUT2D eigenvalue weighted by molar-refractivity contribution is -0.118. The molecule has 3 N–H and O–H groups in total. The van der Waals surface area contributed by atoms with E-state index in [1.807, 2.05) is 0 Å². The first kappa shape index (κ1) is 11.4. The van der Waals surface area contributed by atoms with Gasteiger partial charge in [-0.05, 0) is 12.8 Å². The first-order valence-corrected chi connectivity index (χ1v) is 5.12. The summed E-state index contributed by atoms with van der Waals surface area (Å²) in [7, 11) is -4.02. The summed E-state index contributed by atoms with van der Waals surface area (Å²) in [6.07, 6.45) is 0.356. The number of primary amides is 1. The summed E-state index contributed by atoms with van der Waals surface area (Å²) in [6, 6.07) is 0. The zero-order valence-corrected chi connectivity index (χ0v) is 7.67. The van der Waals surface area contributed by atoms with Gasteiger partial charge in [0.25, 0.3) is 10.1 Å². The molecule has 0 aromatic rings. The van der Waals surface area contributed by atoms with Gasteiger partial charge in [0.15, 0.2) is 0 Å². The maximum atomic E-state index is 10.6. The predicted octanol–water partition coefficient (Wildman–Crippen LogP) is -0.0817. The van der Waals surface area contributed by atoms with E-state index in [4.69, 9.17) is 10.3 Å². The summed E-state index contributed by atoms with van der Waals surface area (Å²) >= 11 is 0. The largest absolute Gasteiger partial charge is 0.370 e. The van der Waals surface area contributed by atoms with Crippen molar-refractivity contribution in [3.05, 3.63) is 0 Å². The fourth-order valence-corrected chi connectivity index (χ4v) is 1.70. The second-order valence-corrected chi connectivity index (χ2v) is 4.25. The van der Waals surface area contributed by atoms with Crippen LogP contribution in [-0.4, -0.2) is 24.1 Å². The van der Waals surface area contributed by atoms with Crippen molar-refractivity contribution in [1.29, 1.82) is 0 Å². The molecular formula is C6H13NO4S. The fourth-order valence-electron chi connectivity index (χ4n) is 0.867. The van der Waals surface area contributed by atoms with Crippen LogP contribution >= 0.6 is 0 Å². The van der Waals surface area contributed by atoms with Gasteiger partial charge in [0.05, 0.1) is 5.25 Å². The molecule has 6 heteroatoms. The van der Waals surface area contributed by atoms with Crippen LogP contribution in [0.2, 0.25) is 0 Å². The summed E-state index contributed by atoms with van der Waals surface area (Å²) in [4.78, 5) is 10.3. The lowest BCUT2D eigenvalue weighted by atomic mass is 10.2. The Morgan fingerprint density at radius 3 is 2.33 bits per heavy atom. The third kappa shape index (κ3) is 4.30. The van der Waals surface area contributed by atoms with Crippen molar-refractivity contribution in [1.82, 2.24) is 0 Å². The molecule has 0 saturated heterocycles. The van der Waals surface area contributed by atoms with Crippen molar-refractivity contribution >= 4 is 16.0 Å². The van der Waals surface area contributed by atoms with Gasteiger partial charge in [-0.3, -0.25) is 9.35 Å². The topological polar surface area (TPSA) is 97.5 Å². The second kappa shape index (κ2) is 4.42. The van der Waals surface area contributed by atoms with E-state index in [1.165, 1.54) is 0 Å². The van der Waals surface area contributed by atoms with Gasteiger partial charge in [0.1, 0.15) is 0 Å². The van der Waals surface area contributed by atoms with Gasteiger partial charge in [0.2, 0.25) is 5.91 Å². The number of nitrogens with two attached hydrogens (primary N) is 1. The molecule has 5 nitrogen and oxygen atoms in total. The minimum absolute atomic E-state index is 0.0156. The average Bonchev–Trinajstić information content (AvgIpc) is 1.85. The monoisotopic (exact) mass is 195 g/mol. The molecule has 0 spiro atoms. The Morgan fingerprint density at radius 2 is 2.08 bits per heavy atom. The Balaban J connectivity index is 4.11. The van der Waals surface area contributed by atoms with Crippen LogP contribution in [0.5, 0.6) is 0 Å². The number of carbonyl (C=O) groups excluding carboxylic acids is 1. The molecule has 0 fully saturated rings. The zero-order valence-electron chi connectivity index (χ0n) is 6.86. The van der Waals surface area contributed by atoms with E-state index in [9.17, 15) is 13.2 Å². The third-order valence-electron chi connectivity index (χ3n) is 1.59. The van der Waals surface area contributed by atoms with Crippen molar-refractivity contribution < 1.29 is 17.8 Å². The van der Waals surface area contributed by atoms with E-state index < -0.39 is 21.3 Å². The molecule has 0 rings (SSSR count). The summed E-state index contributed by atoms with van der Waals surface area (Å²) in [5, 5.41) is -0.870. The Hall–Kier alpha value is -0.620. The standard InChI is InChI=1S/C6H13NO4S/c1-2-5(12(9,10)11)3-4-6(7)8/h5H,2-4H2,1H3,(H2,7,8)(H,9,10,11). The summed E-state index contributed by atoms with van der Waals surface area (Å²) in [5.74, 6) is -0.558.